The summed E-state index contributed by atoms with van der Waals surface area (Å²) in [5, 5.41) is 3.28. The van der Waals surface area contributed by atoms with Gasteiger partial charge in [0.05, 0.1) is 5.01 Å². The van der Waals surface area contributed by atoms with E-state index in [1.807, 2.05) is 11.8 Å². The Labute approximate surface area is 94.1 Å². The molecule has 1 aliphatic heterocycles. The molecule has 0 spiro atoms. The van der Waals surface area contributed by atoms with E-state index in [0.717, 1.165) is 31.6 Å². The van der Waals surface area contributed by atoms with Crippen LogP contribution in [-0.4, -0.2) is 28.9 Å². The fourth-order valence-corrected chi connectivity index (χ4v) is 2.95. The quantitative estimate of drug-likeness (QED) is 0.732. The van der Waals surface area contributed by atoms with Crippen molar-refractivity contribution in [1.82, 2.24) is 9.88 Å². The highest BCUT2D eigenvalue weighted by atomic mass is 32.1. The molecule has 2 rings (SSSR count). The van der Waals surface area contributed by atoms with Crippen molar-refractivity contribution in [2.75, 3.05) is 13.1 Å². The average Bonchev–Trinajstić information content (AvgIpc) is 2.65. The molecule has 3 nitrogen and oxygen atoms in total. The van der Waals surface area contributed by atoms with E-state index in [9.17, 15) is 4.79 Å². The molecule has 15 heavy (non-hydrogen) atoms. The van der Waals surface area contributed by atoms with Crippen LogP contribution in [0.25, 0.3) is 0 Å². The maximum Gasteiger partial charge on any atom is 0.219 e. The van der Waals surface area contributed by atoms with Crippen LogP contribution in [0.2, 0.25) is 0 Å². The van der Waals surface area contributed by atoms with Gasteiger partial charge in [-0.2, -0.15) is 0 Å². The molecule has 2 heterocycles. The van der Waals surface area contributed by atoms with Crippen LogP contribution in [-0.2, 0) is 4.79 Å². The van der Waals surface area contributed by atoms with E-state index in [1.54, 1.807) is 18.3 Å². The fraction of sp³-hybridized carbons (Fsp3) is 0.636. The van der Waals surface area contributed by atoms with Gasteiger partial charge in [0.1, 0.15) is 0 Å². The highest BCUT2D eigenvalue weighted by Gasteiger charge is 2.24. The highest BCUT2D eigenvalue weighted by molar-refractivity contribution is 7.09. The Balaban J connectivity index is 2.07. The molecule has 1 aliphatic rings. The van der Waals surface area contributed by atoms with Gasteiger partial charge in [0.15, 0.2) is 0 Å². The summed E-state index contributed by atoms with van der Waals surface area (Å²) < 4.78 is 0. The summed E-state index contributed by atoms with van der Waals surface area (Å²) in [6, 6.07) is 0. The van der Waals surface area contributed by atoms with E-state index < -0.39 is 0 Å². The standard InChI is InChI=1S/C11H16N2OS/c1-8-7-15-11(12-8)10-4-3-5-13(6-10)9(2)14/h7,10H,3-6H2,1-2H3/t10-/m0/s1. The van der Waals surface area contributed by atoms with E-state index in [1.165, 1.54) is 5.01 Å². The molecule has 1 aromatic rings. The number of piperidine rings is 1. The zero-order valence-electron chi connectivity index (χ0n) is 9.19. The number of hydrogen-bond donors (Lipinski definition) is 0. The van der Waals surface area contributed by atoms with E-state index in [-0.39, 0.29) is 5.91 Å². The predicted octanol–water partition coefficient (Wildman–Crippen LogP) is 2.18. The Hall–Kier alpha value is -0.900. The number of hydrogen-bond acceptors (Lipinski definition) is 3. The molecule has 0 aromatic carbocycles. The van der Waals surface area contributed by atoms with Gasteiger partial charge in [-0.15, -0.1) is 11.3 Å². The Morgan fingerprint density at radius 1 is 1.67 bits per heavy atom. The average molecular weight is 224 g/mol. The van der Waals surface area contributed by atoms with Crippen LogP contribution in [0.15, 0.2) is 5.38 Å². The summed E-state index contributed by atoms with van der Waals surface area (Å²) in [5.41, 5.74) is 1.09. The van der Waals surface area contributed by atoms with Crippen LogP contribution in [0.4, 0.5) is 0 Å². The lowest BCUT2D eigenvalue weighted by molar-refractivity contribution is -0.130. The summed E-state index contributed by atoms with van der Waals surface area (Å²) in [7, 11) is 0. The minimum atomic E-state index is 0.188. The fourth-order valence-electron chi connectivity index (χ4n) is 2.02. The van der Waals surface area contributed by atoms with Gasteiger partial charge in [0.25, 0.3) is 0 Å². The Morgan fingerprint density at radius 3 is 3.07 bits per heavy atom. The van der Waals surface area contributed by atoms with Gasteiger partial charge in [-0.25, -0.2) is 4.98 Å². The number of thiazole rings is 1. The third-order valence-corrected chi connectivity index (χ3v) is 3.98. The summed E-state index contributed by atoms with van der Waals surface area (Å²) in [4.78, 5) is 17.7. The second-order valence-corrected chi connectivity index (χ2v) is 5.02. The van der Waals surface area contributed by atoms with Gasteiger partial charge in [-0.3, -0.25) is 4.79 Å². The van der Waals surface area contributed by atoms with Crippen molar-refractivity contribution < 1.29 is 4.79 Å². The summed E-state index contributed by atoms with van der Waals surface area (Å²) in [6.45, 7) is 5.43. The molecule has 1 fully saturated rings. The smallest absolute Gasteiger partial charge is 0.219 e. The molecule has 1 amide bonds. The van der Waals surface area contributed by atoms with E-state index in [2.05, 4.69) is 10.4 Å². The topological polar surface area (TPSA) is 33.2 Å². The second kappa shape index (κ2) is 4.31. The monoisotopic (exact) mass is 224 g/mol. The molecule has 0 aliphatic carbocycles. The minimum absolute atomic E-state index is 0.188. The van der Waals surface area contributed by atoms with Gasteiger partial charge in [-0.1, -0.05) is 0 Å². The normalized spacial score (nSPS) is 21.7. The molecule has 0 unspecified atom stereocenters. The maximum absolute atomic E-state index is 11.3. The van der Waals surface area contributed by atoms with Gasteiger partial charge in [-0.05, 0) is 19.8 Å². The van der Waals surface area contributed by atoms with E-state index in [0.29, 0.717) is 5.92 Å². The first kappa shape index (κ1) is 10.6. The predicted molar refractivity (Wildman–Crippen MR) is 61.1 cm³/mol. The number of aryl methyl sites for hydroxylation is 1. The first-order valence-electron chi connectivity index (χ1n) is 5.34. The van der Waals surface area contributed by atoms with E-state index >= 15 is 0 Å². The van der Waals surface area contributed by atoms with E-state index in [4.69, 9.17) is 0 Å². The highest BCUT2D eigenvalue weighted by Crippen LogP contribution is 2.28. The van der Waals surface area contributed by atoms with Crippen LogP contribution >= 0.6 is 11.3 Å². The second-order valence-electron chi connectivity index (χ2n) is 4.13. The molecule has 82 valence electrons. The van der Waals surface area contributed by atoms with Crippen LogP contribution in [0, 0.1) is 6.92 Å². The molecule has 0 radical (unpaired) electrons. The van der Waals surface area contributed by atoms with Crippen molar-refractivity contribution in [3.63, 3.8) is 0 Å². The molecule has 1 saturated heterocycles. The zero-order chi connectivity index (χ0) is 10.8. The molecule has 4 heteroatoms. The molecular weight excluding hydrogens is 208 g/mol. The number of amides is 1. The van der Waals surface area contributed by atoms with Gasteiger partial charge >= 0.3 is 0 Å². The molecular formula is C11H16N2OS. The third-order valence-electron chi connectivity index (χ3n) is 2.85. The van der Waals surface area contributed by atoms with Crippen LogP contribution in [0.3, 0.4) is 0 Å². The first-order chi connectivity index (χ1) is 7.16. The number of carbonyl (C=O) groups is 1. The summed E-state index contributed by atoms with van der Waals surface area (Å²) in [6.07, 6.45) is 2.26. The van der Waals surface area contributed by atoms with Crippen LogP contribution < -0.4 is 0 Å². The molecule has 0 bridgehead atoms. The molecule has 1 atom stereocenters. The molecule has 1 aromatic heterocycles. The lowest BCUT2D eigenvalue weighted by Gasteiger charge is -2.30. The van der Waals surface area contributed by atoms with Crippen molar-refractivity contribution in [2.24, 2.45) is 0 Å². The summed E-state index contributed by atoms with van der Waals surface area (Å²) >= 11 is 1.72. The lowest BCUT2D eigenvalue weighted by Crippen LogP contribution is -2.37. The molecule has 0 saturated carbocycles. The summed E-state index contributed by atoms with van der Waals surface area (Å²) in [5.74, 6) is 0.648. The SMILES string of the molecule is CC(=O)N1CCC[C@H](c2nc(C)cs2)C1. The largest absolute Gasteiger partial charge is 0.342 e. The van der Waals surface area contributed by atoms with Gasteiger partial charge in [0.2, 0.25) is 5.91 Å². The number of rotatable bonds is 1. The number of likely N-dealkylation sites (tertiary alicyclic amines) is 1. The Bertz CT molecular complexity index is 361. The Morgan fingerprint density at radius 2 is 2.47 bits per heavy atom. The maximum atomic E-state index is 11.3. The Kier molecular flexibility index (Phi) is 3.05. The van der Waals surface area contributed by atoms with Gasteiger partial charge in [0, 0.05) is 37.0 Å². The van der Waals surface area contributed by atoms with Crippen LogP contribution in [0.1, 0.15) is 36.4 Å². The van der Waals surface area contributed by atoms with Gasteiger partial charge < -0.3 is 4.90 Å². The zero-order valence-corrected chi connectivity index (χ0v) is 10.0. The van der Waals surface area contributed by atoms with Crippen molar-refractivity contribution in [3.8, 4) is 0 Å². The molecule has 0 N–H and O–H groups in total. The minimum Gasteiger partial charge on any atom is -0.342 e. The third kappa shape index (κ3) is 2.37. The van der Waals surface area contributed by atoms with Crippen molar-refractivity contribution in [2.45, 2.75) is 32.6 Å². The lowest BCUT2D eigenvalue weighted by atomic mass is 9.99. The number of aromatic nitrogens is 1. The van der Waals surface area contributed by atoms with Crippen molar-refractivity contribution >= 4 is 17.2 Å². The number of carbonyl (C=O) groups excluding carboxylic acids is 1. The van der Waals surface area contributed by atoms with Crippen molar-refractivity contribution in [1.29, 1.82) is 0 Å². The van der Waals surface area contributed by atoms with Crippen molar-refractivity contribution in [3.05, 3.63) is 16.1 Å². The first-order valence-corrected chi connectivity index (χ1v) is 6.22. The van der Waals surface area contributed by atoms with Crippen LogP contribution in [0.5, 0.6) is 0 Å². The number of nitrogens with zero attached hydrogens (tertiary/aromatic N) is 2.